The first-order valence-corrected chi connectivity index (χ1v) is 6.68. The molecule has 0 saturated heterocycles. The number of carbonyl (C=O) groups excluding carboxylic acids is 2. The van der Waals surface area contributed by atoms with Crippen molar-refractivity contribution in [1.29, 1.82) is 0 Å². The second-order valence-electron chi connectivity index (χ2n) is 4.49. The predicted octanol–water partition coefficient (Wildman–Crippen LogP) is 1.83. The van der Waals surface area contributed by atoms with E-state index in [9.17, 15) is 14.7 Å². The first-order chi connectivity index (χ1) is 10.6. The molecule has 22 heavy (non-hydrogen) atoms. The molecule has 1 aromatic heterocycles. The molecular weight excluding hydrogens is 282 g/mol. The van der Waals surface area contributed by atoms with Gasteiger partial charge in [0, 0.05) is 5.56 Å². The van der Waals surface area contributed by atoms with Gasteiger partial charge in [-0.1, -0.05) is 12.2 Å². The number of rotatable bonds is 4. The molecule has 1 N–H and O–H groups in total. The summed E-state index contributed by atoms with van der Waals surface area (Å²) in [7, 11) is 0. The molecule has 2 aromatic rings. The van der Waals surface area contributed by atoms with Crippen LogP contribution >= 0.6 is 0 Å². The fraction of sp³-hybridized carbons (Fsp3) is 0.118. The zero-order chi connectivity index (χ0) is 16.1. The van der Waals surface area contributed by atoms with Crippen LogP contribution in [0.1, 0.15) is 34.6 Å². The standard InChI is InChI=1S/C17H15NO4/c1-3-5-6-14-15(4-2)22-17(18-14)13-8-11(9-19)7-12(10-20)16(13)21/h3-10,21H,1-2H3/b5-3-,14-6+,15-4+. The third-order valence-electron chi connectivity index (χ3n) is 3.05. The topological polar surface area (TPSA) is 80.4 Å². The molecule has 2 rings (SSSR count). The van der Waals surface area contributed by atoms with Crippen LogP contribution in [0.4, 0.5) is 0 Å². The van der Waals surface area contributed by atoms with Gasteiger partial charge < -0.3 is 9.52 Å². The van der Waals surface area contributed by atoms with Crippen LogP contribution in [0.2, 0.25) is 0 Å². The van der Waals surface area contributed by atoms with E-state index in [-0.39, 0.29) is 28.3 Å². The zero-order valence-electron chi connectivity index (χ0n) is 12.2. The first-order valence-electron chi connectivity index (χ1n) is 6.68. The molecule has 5 heteroatoms. The Morgan fingerprint density at radius 2 is 1.95 bits per heavy atom. The Labute approximate surface area is 126 Å². The number of carbonyl (C=O) groups is 2. The van der Waals surface area contributed by atoms with Crippen LogP contribution in [0.25, 0.3) is 23.6 Å². The van der Waals surface area contributed by atoms with E-state index in [0.29, 0.717) is 23.3 Å². The van der Waals surface area contributed by atoms with Crippen molar-refractivity contribution in [3.05, 3.63) is 46.2 Å². The van der Waals surface area contributed by atoms with Crippen LogP contribution in [0.3, 0.4) is 0 Å². The summed E-state index contributed by atoms with van der Waals surface area (Å²) >= 11 is 0. The maximum atomic E-state index is 11.0. The molecular formula is C17H15NO4. The monoisotopic (exact) mass is 297 g/mol. The summed E-state index contributed by atoms with van der Waals surface area (Å²) in [6.07, 6.45) is 8.25. The highest BCUT2D eigenvalue weighted by Crippen LogP contribution is 2.30. The van der Waals surface area contributed by atoms with Gasteiger partial charge in [0.05, 0.1) is 11.1 Å². The summed E-state index contributed by atoms with van der Waals surface area (Å²) in [6, 6.07) is 2.74. The summed E-state index contributed by atoms with van der Waals surface area (Å²) in [4.78, 5) is 26.3. The predicted molar refractivity (Wildman–Crippen MR) is 83.0 cm³/mol. The summed E-state index contributed by atoms with van der Waals surface area (Å²) < 4.78 is 5.60. The zero-order valence-corrected chi connectivity index (χ0v) is 12.2. The Balaban J connectivity index is 2.75. The maximum absolute atomic E-state index is 11.0. The highest BCUT2D eigenvalue weighted by molar-refractivity contribution is 5.89. The molecule has 1 aromatic carbocycles. The third-order valence-corrected chi connectivity index (χ3v) is 3.05. The minimum Gasteiger partial charge on any atom is -0.506 e. The number of aromatic nitrogens is 1. The van der Waals surface area contributed by atoms with E-state index in [2.05, 4.69) is 4.98 Å². The number of aldehydes is 2. The van der Waals surface area contributed by atoms with Crippen LogP contribution in [0.5, 0.6) is 5.75 Å². The molecule has 0 aliphatic carbocycles. The Hall–Kier alpha value is -2.95. The molecule has 0 amide bonds. The lowest BCUT2D eigenvalue weighted by Crippen LogP contribution is -2.20. The van der Waals surface area contributed by atoms with E-state index < -0.39 is 0 Å². The van der Waals surface area contributed by atoms with Crippen molar-refractivity contribution in [1.82, 2.24) is 4.98 Å². The van der Waals surface area contributed by atoms with E-state index in [1.54, 1.807) is 19.1 Å². The van der Waals surface area contributed by atoms with Gasteiger partial charge in [-0.25, -0.2) is 4.98 Å². The van der Waals surface area contributed by atoms with Crippen molar-refractivity contribution >= 4 is 24.7 Å². The molecule has 112 valence electrons. The molecule has 0 unspecified atom stereocenters. The number of oxazole rings is 1. The number of allylic oxidation sites excluding steroid dienone is 2. The summed E-state index contributed by atoms with van der Waals surface area (Å²) in [6.45, 7) is 3.68. The quantitative estimate of drug-likeness (QED) is 0.871. The smallest absolute Gasteiger partial charge is 0.231 e. The minimum absolute atomic E-state index is 0.0128. The van der Waals surface area contributed by atoms with Crippen molar-refractivity contribution in [2.75, 3.05) is 0 Å². The van der Waals surface area contributed by atoms with Crippen molar-refractivity contribution in [3.63, 3.8) is 0 Å². The van der Waals surface area contributed by atoms with Gasteiger partial charge in [-0.05, 0) is 38.1 Å². The SMILES string of the molecule is C\C=C/C=c1/nc(-c2cc(C=O)cc(C=O)c2O)o/c1=C/C. The molecule has 0 bridgehead atoms. The Kier molecular flexibility index (Phi) is 4.68. The molecule has 0 aliphatic rings. The summed E-state index contributed by atoms with van der Waals surface area (Å²) in [5.41, 5.74) is 1.01. The van der Waals surface area contributed by atoms with Gasteiger partial charge in [-0.3, -0.25) is 9.59 Å². The van der Waals surface area contributed by atoms with E-state index >= 15 is 0 Å². The molecule has 0 spiro atoms. The lowest BCUT2D eigenvalue weighted by molar-refractivity contribution is 0.112. The summed E-state index contributed by atoms with van der Waals surface area (Å²) in [5, 5.41) is 10.7. The second kappa shape index (κ2) is 6.67. The van der Waals surface area contributed by atoms with Crippen LogP contribution in [-0.2, 0) is 0 Å². The highest BCUT2D eigenvalue weighted by Gasteiger charge is 2.15. The molecule has 1 heterocycles. The number of hydrogen-bond donors (Lipinski definition) is 1. The van der Waals surface area contributed by atoms with E-state index in [1.165, 1.54) is 12.1 Å². The lowest BCUT2D eigenvalue weighted by Gasteiger charge is -2.04. The van der Waals surface area contributed by atoms with E-state index in [1.807, 2.05) is 19.1 Å². The van der Waals surface area contributed by atoms with Gasteiger partial charge in [0.25, 0.3) is 0 Å². The van der Waals surface area contributed by atoms with Gasteiger partial charge in [-0.2, -0.15) is 0 Å². The maximum Gasteiger partial charge on any atom is 0.231 e. The summed E-state index contributed by atoms with van der Waals surface area (Å²) in [5.74, 6) is -0.116. The van der Waals surface area contributed by atoms with Gasteiger partial charge in [0.2, 0.25) is 5.89 Å². The number of phenols is 1. The highest BCUT2D eigenvalue weighted by atomic mass is 16.3. The molecule has 0 atom stereocenters. The normalized spacial score (nSPS) is 13.0. The minimum atomic E-state index is -0.262. The first kappa shape index (κ1) is 15.4. The fourth-order valence-electron chi connectivity index (χ4n) is 1.97. The average molecular weight is 297 g/mol. The number of benzene rings is 1. The number of phenolic OH excluding ortho intramolecular Hbond substituents is 1. The van der Waals surface area contributed by atoms with Crippen molar-refractivity contribution in [3.8, 4) is 17.2 Å². The molecule has 0 radical (unpaired) electrons. The van der Waals surface area contributed by atoms with Crippen molar-refractivity contribution < 1.29 is 19.1 Å². The van der Waals surface area contributed by atoms with Crippen molar-refractivity contribution in [2.24, 2.45) is 0 Å². The Bertz CT molecular complexity index is 860. The molecule has 5 nitrogen and oxygen atoms in total. The van der Waals surface area contributed by atoms with Gasteiger partial charge in [0.15, 0.2) is 11.7 Å². The van der Waals surface area contributed by atoms with E-state index in [0.717, 1.165) is 0 Å². The number of hydrogen-bond acceptors (Lipinski definition) is 5. The Morgan fingerprint density at radius 3 is 2.55 bits per heavy atom. The van der Waals surface area contributed by atoms with Crippen molar-refractivity contribution in [2.45, 2.75) is 13.8 Å². The number of aromatic hydroxyl groups is 1. The average Bonchev–Trinajstić information content (AvgIpc) is 2.96. The Morgan fingerprint density at radius 1 is 1.18 bits per heavy atom. The van der Waals surface area contributed by atoms with Crippen LogP contribution in [-0.4, -0.2) is 22.7 Å². The van der Waals surface area contributed by atoms with Gasteiger partial charge >= 0.3 is 0 Å². The van der Waals surface area contributed by atoms with Gasteiger partial charge in [0.1, 0.15) is 17.4 Å². The fourth-order valence-corrected chi connectivity index (χ4v) is 1.97. The number of nitrogens with zero attached hydrogens (tertiary/aromatic N) is 1. The second-order valence-corrected chi connectivity index (χ2v) is 4.49. The molecule has 0 saturated carbocycles. The third kappa shape index (κ3) is 2.88. The van der Waals surface area contributed by atoms with Crippen LogP contribution in [0, 0.1) is 0 Å². The molecule has 0 aliphatic heterocycles. The van der Waals surface area contributed by atoms with Crippen LogP contribution in [0.15, 0.2) is 28.7 Å². The molecule has 0 fully saturated rings. The van der Waals surface area contributed by atoms with Gasteiger partial charge in [-0.15, -0.1) is 0 Å². The van der Waals surface area contributed by atoms with E-state index in [4.69, 9.17) is 4.42 Å². The van der Waals surface area contributed by atoms with Crippen LogP contribution < -0.4 is 10.8 Å². The largest absolute Gasteiger partial charge is 0.506 e. The lowest BCUT2D eigenvalue weighted by atomic mass is 10.1.